The van der Waals surface area contributed by atoms with Crippen molar-refractivity contribution in [2.75, 3.05) is 0 Å². The molecule has 2 aromatic carbocycles. The van der Waals surface area contributed by atoms with Gasteiger partial charge in [0, 0.05) is 0 Å². The zero-order chi connectivity index (χ0) is 14.5. The summed E-state index contributed by atoms with van der Waals surface area (Å²) in [5.74, 6) is -1.58. The SMILES string of the molecule is N#CCc1ccc(Oc2ccc(C(=O)O)cc2F)cc1. The minimum absolute atomic E-state index is 0.0527. The van der Waals surface area contributed by atoms with Gasteiger partial charge in [0.05, 0.1) is 18.1 Å². The molecule has 0 saturated carbocycles. The number of benzene rings is 2. The van der Waals surface area contributed by atoms with E-state index in [2.05, 4.69) is 0 Å². The van der Waals surface area contributed by atoms with Gasteiger partial charge in [-0.1, -0.05) is 12.1 Å². The average Bonchev–Trinajstić information content (AvgIpc) is 2.43. The molecule has 0 aliphatic carbocycles. The van der Waals surface area contributed by atoms with Crippen LogP contribution in [0.3, 0.4) is 0 Å². The van der Waals surface area contributed by atoms with Gasteiger partial charge >= 0.3 is 5.97 Å². The van der Waals surface area contributed by atoms with E-state index in [1.807, 2.05) is 6.07 Å². The number of ether oxygens (including phenoxy) is 1. The standard InChI is InChI=1S/C15H10FNO3/c16-13-9-11(15(18)19)3-6-14(13)20-12-4-1-10(2-5-12)7-8-17/h1-6,9H,7H2,(H,18,19). The van der Waals surface area contributed by atoms with Crippen molar-refractivity contribution in [3.05, 3.63) is 59.4 Å². The Morgan fingerprint density at radius 1 is 1.25 bits per heavy atom. The lowest BCUT2D eigenvalue weighted by molar-refractivity contribution is 0.0696. The van der Waals surface area contributed by atoms with E-state index in [9.17, 15) is 9.18 Å². The van der Waals surface area contributed by atoms with Crippen LogP contribution in [0.5, 0.6) is 11.5 Å². The topological polar surface area (TPSA) is 70.3 Å². The normalized spacial score (nSPS) is 9.80. The van der Waals surface area contributed by atoms with Crippen LogP contribution in [0.15, 0.2) is 42.5 Å². The van der Waals surface area contributed by atoms with Gasteiger partial charge in [-0.3, -0.25) is 0 Å². The molecule has 0 radical (unpaired) electrons. The van der Waals surface area contributed by atoms with Crippen LogP contribution in [0, 0.1) is 17.1 Å². The number of carboxylic acid groups (broad SMARTS) is 1. The third-order valence-electron chi connectivity index (χ3n) is 2.61. The van der Waals surface area contributed by atoms with Crippen molar-refractivity contribution in [1.29, 1.82) is 5.26 Å². The summed E-state index contributed by atoms with van der Waals surface area (Å²) in [4.78, 5) is 10.7. The summed E-state index contributed by atoms with van der Waals surface area (Å²) in [7, 11) is 0. The second kappa shape index (κ2) is 5.85. The molecule has 0 aromatic heterocycles. The van der Waals surface area contributed by atoms with Gasteiger partial charge in [0.1, 0.15) is 5.75 Å². The molecule has 100 valence electrons. The van der Waals surface area contributed by atoms with Gasteiger partial charge < -0.3 is 9.84 Å². The molecule has 0 bridgehead atoms. The molecule has 1 N–H and O–H groups in total. The minimum Gasteiger partial charge on any atom is -0.478 e. The smallest absolute Gasteiger partial charge is 0.335 e. The lowest BCUT2D eigenvalue weighted by Gasteiger charge is -2.07. The van der Waals surface area contributed by atoms with Crippen LogP contribution in [-0.4, -0.2) is 11.1 Å². The van der Waals surface area contributed by atoms with Gasteiger partial charge in [0.15, 0.2) is 11.6 Å². The number of halogens is 1. The van der Waals surface area contributed by atoms with E-state index < -0.39 is 11.8 Å². The van der Waals surface area contributed by atoms with Gasteiger partial charge in [-0.25, -0.2) is 9.18 Å². The average molecular weight is 271 g/mol. The third kappa shape index (κ3) is 3.12. The molecular formula is C15H10FNO3. The lowest BCUT2D eigenvalue weighted by Crippen LogP contribution is -1.98. The molecule has 0 saturated heterocycles. The number of carboxylic acids is 1. The Balaban J connectivity index is 2.17. The zero-order valence-electron chi connectivity index (χ0n) is 10.3. The molecule has 0 amide bonds. The molecule has 0 aliphatic heterocycles. The van der Waals surface area contributed by atoms with Gasteiger partial charge in [-0.2, -0.15) is 5.26 Å². The first-order valence-electron chi connectivity index (χ1n) is 5.77. The number of carbonyl (C=O) groups is 1. The molecule has 2 aromatic rings. The molecule has 4 nitrogen and oxygen atoms in total. The highest BCUT2D eigenvalue weighted by molar-refractivity contribution is 5.87. The first-order chi connectivity index (χ1) is 9.60. The number of rotatable bonds is 4. The summed E-state index contributed by atoms with van der Waals surface area (Å²) < 4.78 is 19.0. The Morgan fingerprint density at radius 2 is 1.95 bits per heavy atom. The molecule has 0 fully saturated rings. The van der Waals surface area contributed by atoms with Crippen LogP contribution >= 0.6 is 0 Å². The summed E-state index contributed by atoms with van der Waals surface area (Å²) in [6.45, 7) is 0. The van der Waals surface area contributed by atoms with Crippen molar-refractivity contribution in [2.45, 2.75) is 6.42 Å². The molecule has 0 aliphatic rings. The van der Waals surface area contributed by atoms with Crippen LogP contribution in [0.1, 0.15) is 15.9 Å². The minimum atomic E-state index is -1.20. The fourth-order valence-corrected chi connectivity index (χ4v) is 1.61. The van der Waals surface area contributed by atoms with E-state index >= 15 is 0 Å². The molecular weight excluding hydrogens is 261 g/mol. The summed E-state index contributed by atoms with van der Waals surface area (Å²) in [6, 6.07) is 12.1. The molecule has 0 unspecified atom stereocenters. The fraction of sp³-hybridized carbons (Fsp3) is 0.0667. The highest BCUT2D eigenvalue weighted by Crippen LogP contribution is 2.25. The Bertz CT molecular complexity index is 675. The monoisotopic (exact) mass is 271 g/mol. The van der Waals surface area contributed by atoms with Gasteiger partial charge in [-0.05, 0) is 35.9 Å². The van der Waals surface area contributed by atoms with E-state index in [1.54, 1.807) is 24.3 Å². The van der Waals surface area contributed by atoms with Gasteiger partial charge in [0.2, 0.25) is 0 Å². The molecule has 2 rings (SSSR count). The van der Waals surface area contributed by atoms with Gasteiger partial charge in [0.25, 0.3) is 0 Å². The maximum atomic E-state index is 13.7. The summed E-state index contributed by atoms with van der Waals surface area (Å²) in [5, 5.41) is 17.3. The highest BCUT2D eigenvalue weighted by atomic mass is 19.1. The highest BCUT2D eigenvalue weighted by Gasteiger charge is 2.10. The fourth-order valence-electron chi connectivity index (χ4n) is 1.61. The third-order valence-corrected chi connectivity index (χ3v) is 2.61. The predicted molar refractivity (Wildman–Crippen MR) is 69.2 cm³/mol. The van der Waals surface area contributed by atoms with E-state index in [4.69, 9.17) is 15.1 Å². The largest absolute Gasteiger partial charge is 0.478 e. The second-order valence-corrected chi connectivity index (χ2v) is 4.03. The van der Waals surface area contributed by atoms with Crippen LogP contribution in [0.25, 0.3) is 0 Å². The maximum Gasteiger partial charge on any atom is 0.335 e. The first-order valence-corrected chi connectivity index (χ1v) is 5.77. The summed E-state index contributed by atoms with van der Waals surface area (Å²) in [5.41, 5.74) is 0.695. The van der Waals surface area contributed by atoms with Crippen LogP contribution in [0.2, 0.25) is 0 Å². The van der Waals surface area contributed by atoms with Crippen LogP contribution in [-0.2, 0) is 6.42 Å². The molecule has 0 heterocycles. The zero-order valence-corrected chi connectivity index (χ0v) is 10.3. The summed E-state index contributed by atoms with van der Waals surface area (Å²) in [6.07, 6.45) is 0.294. The Labute approximate surface area is 114 Å². The molecule has 0 atom stereocenters. The Hall–Kier alpha value is -2.87. The molecule has 0 spiro atoms. The van der Waals surface area contributed by atoms with Crippen molar-refractivity contribution in [3.8, 4) is 17.6 Å². The Kier molecular flexibility index (Phi) is 3.96. The van der Waals surface area contributed by atoms with Crippen molar-refractivity contribution in [3.63, 3.8) is 0 Å². The van der Waals surface area contributed by atoms with E-state index in [-0.39, 0.29) is 11.3 Å². The van der Waals surface area contributed by atoms with Crippen molar-refractivity contribution < 1.29 is 19.0 Å². The number of nitriles is 1. The number of nitrogens with zero attached hydrogens (tertiary/aromatic N) is 1. The number of hydrogen-bond donors (Lipinski definition) is 1. The molecule has 5 heteroatoms. The first kappa shape index (κ1) is 13.6. The second-order valence-electron chi connectivity index (χ2n) is 4.03. The predicted octanol–water partition coefficient (Wildman–Crippen LogP) is 3.38. The maximum absolute atomic E-state index is 13.7. The quantitative estimate of drug-likeness (QED) is 0.925. The molecule has 20 heavy (non-hydrogen) atoms. The van der Waals surface area contributed by atoms with E-state index in [0.29, 0.717) is 12.2 Å². The lowest BCUT2D eigenvalue weighted by atomic mass is 10.1. The van der Waals surface area contributed by atoms with Crippen molar-refractivity contribution >= 4 is 5.97 Å². The van der Waals surface area contributed by atoms with Crippen molar-refractivity contribution in [2.24, 2.45) is 0 Å². The van der Waals surface area contributed by atoms with Crippen molar-refractivity contribution in [1.82, 2.24) is 0 Å². The van der Waals surface area contributed by atoms with Crippen LogP contribution in [0.4, 0.5) is 4.39 Å². The van der Waals surface area contributed by atoms with Gasteiger partial charge in [-0.15, -0.1) is 0 Å². The number of hydrogen-bond acceptors (Lipinski definition) is 3. The summed E-state index contributed by atoms with van der Waals surface area (Å²) >= 11 is 0. The Morgan fingerprint density at radius 3 is 2.50 bits per heavy atom. The number of aromatic carboxylic acids is 1. The van der Waals surface area contributed by atoms with Crippen LogP contribution < -0.4 is 4.74 Å². The van der Waals surface area contributed by atoms with E-state index in [1.165, 1.54) is 12.1 Å². The van der Waals surface area contributed by atoms with E-state index in [0.717, 1.165) is 11.6 Å².